The molecule has 3 aromatic rings. The topological polar surface area (TPSA) is 59.4 Å². The fourth-order valence-corrected chi connectivity index (χ4v) is 4.17. The van der Waals surface area contributed by atoms with Crippen LogP contribution in [0.4, 0.5) is 18.9 Å². The van der Waals surface area contributed by atoms with E-state index in [0.717, 1.165) is 68.4 Å². The quantitative estimate of drug-likeness (QED) is 0.534. The molecule has 34 heavy (non-hydrogen) atoms. The zero-order chi connectivity index (χ0) is 24.1. The maximum Gasteiger partial charge on any atom is 0.416 e. The third-order valence-corrected chi connectivity index (χ3v) is 5.99. The molecule has 0 spiro atoms. The first kappa shape index (κ1) is 24.0. The fourth-order valence-electron chi connectivity index (χ4n) is 4.17. The van der Waals surface area contributed by atoms with Gasteiger partial charge in [0.15, 0.2) is 0 Å². The molecule has 0 aliphatic carbocycles. The van der Waals surface area contributed by atoms with Crippen molar-refractivity contribution < 1.29 is 22.7 Å². The molecule has 2 aromatic heterocycles. The predicted molar refractivity (Wildman–Crippen MR) is 124 cm³/mol. The van der Waals surface area contributed by atoms with Crippen molar-refractivity contribution in [1.82, 2.24) is 14.5 Å². The molecule has 0 atom stereocenters. The number of hydrogen-bond acceptors (Lipinski definition) is 4. The monoisotopic (exact) mass is 472 g/mol. The number of carbonyl (C=O) groups is 1. The van der Waals surface area contributed by atoms with Gasteiger partial charge in [-0.05, 0) is 49.7 Å². The number of benzene rings is 1. The Balaban J connectivity index is 1.56. The minimum Gasteiger partial charge on any atom is -0.379 e. The van der Waals surface area contributed by atoms with Gasteiger partial charge >= 0.3 is 6.18 Å². The number of rotatable bonds is 7. The summed E-state index contributed by atoms with van der Waals surface area (Å²) in [6, 6.07) is 10.2. The Hall–Kier alpha value is -3.17. The van der Waals surface area contributed by atoms with E-state index in [-0.39, 0.29) is 5.69 Å². The van der Waals surface area contributed by atoms with Crippen molar-refractivity contribution in [2.45, 2.75) is 26.1 Å². The lowest BCUT2D eigenvalue weighted by molar-refractivity contribution is -0.137. The molecule has 1 fully saturated rings. The van der Waals surface area contributed by atoms with E-state index < -0.39 is 17.6 Å². The van der Waals surface area contributed by atoms with Gasteiger partial charge in [0.1, 0.15) is 0 Å². The summed E-state index contributed by atoms with van der Waals surface area (Å²) in [5.74, 6) is -0.445. The van der Waals surface area contributed by atoms with Crippen molar-refractivity contribution in [1.29, 1.82) is 0 Å². The summed E-state index contributed by atoms with van der Waals surface area (Å²) in [5, 5.41) is 2.62. The van der Waals surface area contributed by atoms with Gasteiger partial charge in [0.25, 0.3) is 5.91 Å². The first-order valence-electron chi connectivity index (χ1n) is 11.2. The van der Waals surface area contributed by atoms with Gasteiger partial charge in [-0.1, -0.05) is 6.07 Å². The molecule has 0 radical (unpaired) electrons. The number of anilines is 1. The Labute approximate surface area is 196 Å². The summed E-state index contributed by atoms with van der Waals surface area (Å²) in [5.41, 5.74) is 2.28. The highest BCUT2D eigenvalue weighted by Gasteiger charge is 2.30. The third kappa shape index (κ3) is 5.66. The minimum atomic E-state index is -4.48. The van der Waals surface area contributed by atoms with E-state index >= 15 is 0 Å². The average molecular weight is 473 g/mol. The minimum absolute atomic E-state index is 0.102. The van der Waals surface area contributed by atoms with Crippen molar-refractivity contribution in [2.75, 3.05) is 38.2 Å². The number of amides is 1. The third-order valence-electron chi connectivity index (χ3n) is 5.99. The summed E-state index contributed by atoms with van der Waals surface area (Å²) in [6.07, 6.45) is -0.201. The van der Waals surface area contributed by atoms with Gasteiger partial charge in [-0.25, -0.2) is 0 Å². The Kier molecular flexibility index (Phi) is 7.33. The number of nitrogens with one attached hydrogen (secondary N) is 1. The van der Waals surface area contributed by atoms with Crippen molar-refractivity contribution >= 4 is 11.6 Å². The molecule has 1 aromatic carbocycles. The summed E-state index contributed by atoms with van der Waals surface area (Å²) in [7, 11) is 0. The predicted octanol–water partition coefficient (Wildman–Crippen LogP) is 4.85. The molecule has 1 amide bonds. The summed E-state index contributed by atoms with van der Waals surface area (Å²) < 4.78 is 46.7. The second-order valence-corrected chi connectivity index (χ2v) is 8.26. The maximum atomic E-state index is 13.1. The van der Waals surface area contributed by atoms with Crippen LogP contribution in [0.3, 0.4) is 0 Å². The van der Waals surface area contributed by atoms with Gasteiger partial charge in [0.2, 0.25) is 0 Å². The lowest BCUT2D eigenvalue weighted by Crippen LogP contribution is -2.37. The second-order valence-electron chi connectivity index (χ2n) is 8.26. The van der Waals surface area contributed by atoms with Crippen LogP contribution in [-0.4, -0.2) is 53.2 Å². The lowest BCUT2D eigenvalue weighted by Gasteiger charge is -2.26. The molecule has 9 heteroatoms. The van der Waals surface area contributed by atoms with Crippen molar-refractivity contribution in [3.8, 4) is 11.3 Å². The molecule has 180 valence electrons. The standard InChI is InChI=1S/C25H27F3N4O2/c1-18-22(24(33)30-21-5-2-4-20(16-21)25(26,27)28)17-23(19-6-8-29-9-7-19)32(18)11-3-10-31-12-14-34-15-13-31/h2,4-9,16-17H,3,10-15H2,1H3,(H,30,33). The highest BCUT2D eigenvalue weighted by atomic mass is 19.4. The number of morpholine rings is 1. The van der Waals surface area contributed by atoms with Gasteiger partial charge in [-0.2, -0.15) is 13.2 Å². The van der Waals surface area contributed by atoms with Crippen LogP contribution in [0.2, 0.25) is 0 Å². The Bertz CT molecular complexity index is 1120. The number of alkyl halides is 3. The first-order valence-corrected chi connectivity index (χ1v) is 11.2. The molecule has 3 heterocycles. The number of ether oxygens (including phenoxy) is 1. The Morgan fingerprint density at radius 1 is 1.09 bits per heavy atom. The molecular formula is C25H27F3N4O2. The number of hydrogen-bond donors (Lipinski definition) is 1. The van der Waals surface area contributed by atoms with Crippen LogP contribution in [0.1, 0.15) is 28.0 Å². The molecule has 0 saturated carbocycles. The number of nitrogens with zero attached hydrogens (tertiary/aromatic N) is 3. The van der Waals surface area contributed by atoms with Gasteiger partial charge in [0, 0.05) is 61.2 Å². The molecule has 1 aliphatic heterocycles. The van der Waals surface area contributed by atoms with Crippen molar-refractivity contribution in [3.63, 3.8) is 0 Å². The molecular weight excluding hydrogens is 445 g/mol. The Morgan fingerprint density at radius 3 is 2.53 bits per heavy atom. The van der Waals surface area contributed by atoms with Crippen molar-refractivity contribution in [3.05, 3.63) is 71.7 Å². The zero-order valence-corrected chi connectivity index (χ0v) is 18.9. The van der Waals surface area contributed by atoms with Gasteiger partial charge in [0.05, 0.1) is 24.3 Å². The average Bonchev–Trinajstić information content (AvgIpc) is 3.16. The molecule has 1 aliphatic rings. The Morgan fingerprint density at radius 2 is 1.82 bits per heavy atom. The van der Waals surface area contributed by atoms with Crippen LogP contribution in [0, 0.1) is 6.92 Å². The lowest BCUT2D eigenvalue weighted by atomic mass is 10.1. The van der Waals surface area contributed by atoms with E-state index in [4.69, 9.17) is 4.74 Å². The molecule has 1 N–H and O–H groups in total. The maximum absolute atomic E-state index is 13.1. The normalized spacial score (nSPS) is 14.8. The summed E-state index contributed by atoms with van der Waals surface area (Å²) in [6.45, 7) is 6.79. The molecule has 0 bridgehead atoms. The highest BCUT2D eigenvalue weighted by Crippen LogP contribution is 2.31. The van der Waals surface area contributed by atoms with E-state index in [2.05, 4.69) is 19.8 Å². The fraction of sp³-hybridized carbons (Fsp3) is 0.360. The summed E-state index contributed by atoms with van der Waals surface area (Å²) >= 11 is 0. The van der Waals surface area contributed by atoms with E-state index in [1.54, 1.807) is 18.5 Å². The van der Waals surface area contributed by atoms with E-state index in [1.165, 1.54) is 12.1 Å². The SMILES string of the molecule is Cc1c(C(=O)Nc2cccc(C(F)(F)F)c2)cc(-c2ccncc2)n1CCCN1CCOCC1. The number of pyridine rings is 1. The highest BCUT2D eigenvalue weighted by molar-refractivity contribution is 6.06. The van der Waals surface area contributed by atoms with Crippen LogP contribution < -0.4 is 5.32 Å². The van der Waals surface area contributed by atoms with Crippen LogP contribution >= 0.6 is 0 Å². The van der Waals surface area contributed by atoms with E-state index in [0.29, 0.717) is 12.1 Å². The van der Waals surface area contributed by atoms with Gasteiger partial charge in [-0.15, -0.1) is 0 Å². The molecule has 1 saturated heterocycles. The van der Waals surface area contributed by atoms with Crippen LogP contribution in [0.5, 0.6) is 0 Å². The van der Waals surface area contributed by atoms with Crippen LogP contribution in [0.15, 0.2) is 54.9 Å². The van der Waals surface area contributed by atoms with Crippen LogP contribution in [0.25, 0.3) is 11.3 Å². The van der Waals surface area contributed by atoms with Crippen molar-refractivity contribution in [2.24, 2.45) is 0 Å². The number of carbonyl (C=O) groups excluding carboxylic acids is 1. The van der Waals surface area contributed by atoms with E-state index in [1.807, 2.05) is 19.1 Å². The number of halogens is 3. The first-order chi connectivity index (χ1) is 16.3. The number of aromatic nitrogens is 2. The molecule has 6 nitrogen and oxygen atoms in total. The van der Waals surface area contributed by atoms with E-state index in [9.17, 15) is 18.0 Å². The largest absolute Gasteiger partial charge is 0.416 e. The molecule has 4 rings (SSSR count). The zero-order valence-electron chi connectivity index (χ0n) is 18.9. The van der Waals surface area contributed by atoms with Gasteiger partial charge in [-0.3, -0.25) is 14.7 Å². The van der Waals surface area contributed by atoms with Gasteiger partial charge < -0.3 is 14.6 Å². The van der Waals surface area contributed by atoms with Crippen LogP contribution in [-0.2, 0) is 17.5 Å². The summed E-state index contributed by atoms with van der Waals surface area (Å²) in [4.78, 5) is 19.5. The second kappa shape index (κ2) is 10.4. The molecule has 0 unspecified atom stereocenters. The smallest absolute Gasteiger partial charge is 0.379 e.